The molecule has 0 spiro atoms. The molecule has 0 atom stereocenters. The minimum absolute atomic E-state index is 0.276. The van der Waals surface area contributed by atoms with Crippen LogP contribution in [0.3, 0.4) is 0 Å². The van der Waals surface area contributed by atoms with Crippen molar-refractivity contribution in [2.45, 2.75) is 24.6 Å². The average Bonchev–Trinajstić information content (AvgIpc) is 2.87. The summed E-state index contributed by atoms with van der Waals surface area (Å²) < 4.78 is 29.6. The molecule has 0 aromatic carbocycles. The van der Waals surface area contributed by atoms with Gasteiger partial charge in [-0.1, -0.05) is 0 Å². The summed E-state index contributed by atoms with van der Waals surface area (Å²) in [6.45, 7) is 4.49. The minimum Gasteiger partial charge on any atom is -0.275 e. The molecule has 0 bridgehead atoms. The number of anilines is 1. The molecule has 0 amide bonds. The van der Waals surface area contributed by atoms with Crippen molar-refractivity contribution in [2.24, 2.45) is 0 Å². The Hall–Kier alpha value is -0.860. The summed E-state index contributed by atoms with van der Waals surface area (Å²) in [6.07, 6.45) is 1.53. The van der Waals surface area contributed by atoms with Gasteiger partial charge in [-0.05, 0) is 41.9 Å². The van der Waals surface area contributed by atoms with E-state index in [4.69, 9.17) is 0 Å². The third-order valence-electron chi connectivity index (χ3n) is 2.46. The van der Waals surface area contributed by atoms with Gasteiger partial charge in [0.25, 0.3) is 10.0 Å². The Kier molecular flexibility index (Phi) is 3.79. The lowest BCUT2D eigenvalue weighted by molar-refractivity contribution is 0.603. The summed E-state index contributed by atoms with van der Waals surface area (Å²) in [5.41, 5.74) is 1.32. The van der Waals surface area contributed by atoms with Crippen molar-refractivity contribution in [3.05, 3.63) is 27.8 Å². The van der Waals surface area contributed by atoms with Crippen LogP contribution in [0.1, 0.15) is 12.6 Å². The molecule has 0 aliphatic rings. The second-order valence-corrected chi connectivity index (χ2v) is 8.00. The molecule has 0 saturated heterocycles. The van der Waals surface area contributed by atoms with E-state index in [2.05, 4.69) is 25.8 Å². The van der Waals surface area contributed by atoms with Crippen LogP contribution >= 0.6 is 27.3 Å². The Labute approximate surface area is 118 Å². The maximum Gasteiger partial charge on any atom is 0.271 e. The SMILES string of the molecule is CCn1ncc(NS(=O)(=O)c2ccc(Br)s2)c1C. The van der Waals surface area contributed by atoms with Crippen LogP contribution in [0.2, 0.25) is 0 Å². The maximum absolute atomic E-state index is 12.1. The molecular weight excluding hydrogens is 338 g/mol. The standard InChI is InChI=1S/C10H12BrN3O2S2/c1-3-14-7(2)8(6-12-14)13-18(15,16)10-5-4-9(11)17-10/h4-6,13H,3H2,1-2H3. The van der Waals surface area contributed by atoms with Crippen molar-refractivity contribution in [1.82, 2.24) is 9.78 Å². The van der Waals surface area contributed by atoms with Crippen LogP contribution < -0.4 is 4.72 Å². The minimum atomic E-state index is -3.52. The van der Waals surface area contributed by atoms with Gasteiger partial charge < -0.3 is 0 Å². The smallest absolute Gasteiger partial charge is 0.271 e. The Morgan fingerprint density at radius 3 is 2.72 bits per heavy atom. The van der Waals surface area contributed by atoms with Gasteiger partial charge in [0.2, 0.25) is 0 Å². The van der Waals surface area contributed by atoms with Gasteiger partial charge in [0, 0.05) is 6.54 Å². The van der Waals surface area contributed by atoms with E-state index in [1.807, 2.05) is 13.8 Å². The number of aryl methyl sites for hydroxylation is 1. The van der Waals surface area contributed by atoms with Gasteiger partial charge in [0.1, 0.15) is 4.21 Å². The first-order valence-corrected chi connectivity index (χ1v) is 8.34. The Morgan fingerprint density at radius 1 is 1.50 bits per heavy atom. The number of thiophene rings is 1. The number of hydrogen-bond acceptors (Lipinski definition) is 4. The van der Waals surface area contributed by atoms with E-state index in [1.165, 1.54) is 17.5 Å². The van der Waals surface area contributed by atoms with Crippen molar-refractivity contribution in [3.63, 3.8) is 0 Å². The van der Waals surface area contributed by atoms with Crippen LogP contribution in [-0.4, -0.2) is 18.2 Å². The van der Waals surface area contributed by atoms with Crippen LogP contribution in [0, 0.1) is 6.92 Å². The van der Waals surface area contributed by atoms with Crippen molar-refractivity contribution in [2.75, 3.05) is 4.72 Å². The van der Waals surface area contributed by atoms with Gasteiger partial charge in [-0.15, -0.1) is 11.3 Å². The highest BCUT2D eigenvalue weighted by Gasteiger charge is 2.18. The summed E-state index contributed by atoms with van der Waals surface area (Å²) in [5.74, 6) is 0. The van der Waals surface area contributed by atoms with Gasteiger partial charge in [-0.3, -0.25) is 9.40 Å². The van der Waals surface area contributed by atoms with Crippen molar-refractivity contribution < 1.29 is 8.42 Å². The monoisotopic (exact) mass is 349 g/mol. The lowest BCUT2D eigenvalue weighted by atomic mass is 10.4. The van der Waals surface area contributed by atoms with E-state index in [1.54, 1.807) is 16.8 Å². The Bertz CT molecular complexity index is 660. The van der Waals surface area contributed by atoms with Gasteiger partial charge in [0.15, 0.2) is 0 Å². The lowest BCUT2D eigenvalue weighted by Crippen LogP contribution is -2.12. The summed E-state index contributed by atoms with van der Waals surface area (Å²) in [4.78, 5) is 0. The van der Waals surface area contributed by atoms with Gasteiger partial charge >= 0.3 is 0 Å². The third kappa shape index (κ3) is 2.60. The molecular formula is C10H12BrN3O2S2. The highest BCUT2D eigenvalue weighted by atomic mass is 79.9. The van der Waals surface area contributed by atoms with E-state index < -0.39 is 10.0 Å². The summed E-state index contributed by atoms with van der Waals surface area (Å²) in [6, 6.07) is 3.28. The molecule has 0 fully saturated rings. The molecule has 0 aliphatic carbocycles. The fourth-order valence-corrected chi connectivity index (χ4v) is 4.61. The van der Waals surface area contributed by atoms with E-state index in [9.17, 15) is 8.42 Å². The predicted octanol–water partition coefficient (Wildman–Crippen LogP) is 2.84. The number of rotatable bonds is 4. The summed E-state index contributed by atoms with van der Waals surface area (Å²) in [5, 5.41) is 4.10. The van der Waals surface area contributed by atoms with Crippen molar-refractivity contribution >= 4 is 43.0 Å². The maximum atomic E-state index is 12.1. The molecule has 1 N–H and O–H groups in total. The molecule has 2 rings (SSSR count). The highest BCUT2D eigenvalue weighted by molar-refractivity contribution is 9.11. The largest absolute Gasteiger partial charge is 0.275 e. The van der Waals surface area contributed by atoms with Gasteiger partial charge in [-0.25, -0.2) is 8.42 Å². The molecule has 2 aromatic rings. The lowest BCUT2D eigenvalue weighted by Gasteiger charge is -2.05. The fourth-order valence-electron chi connectivity index (χ4n) is 1.50. The van der Waals surface area contributed by atoms with Crippen molar-refractivity contribution in [1.29, 1.82) is 0 Å². The van der Waals surface area contributed by atoms with Gasteiger partial charge in [0.05, 0.1) is 21.4 Å². The van der Waals surface area contributed by atoms with E-state index in [0.29, 0.717) is 12.2 Å². The average molecular weight is 350 g/mol. The first-order chi connectivity index (χ1) is 8.44. The molecule has 0 radical (unpaired) electrons. The number of aromatic nitrogens is 2. The zero-order valence-corrected chi connectivity index (χ0v) is 13.1. The molecule has 5 nitrogen and oxygen atoms in total. The van der Waals surface area contributed by atoms with E-state index in [0.717, 1.165) is 9.48 Å². The molecule has 0 aliphatic heterocycles. The zero-order chi connectivity index (χ0) is 13.3. The molecule has 18 heavy (non-hydrogen) atoms. The number of hydrogen-bond donors (Lipinski definition) is 1. The first kappa shape index (κ1) is 13.6. The fraction of sp³-hybridized carbons (Fsp3) is 0.300. The summed E-state index contributed by atoms with van der Waals surface area (Å²) in [7, 11) is -3.52. The van der Waals surface area contributed by atoms with E-state index >= 15 is 0 Å². The van der Waals surface area contributed by atoms with Crippen LogP contribution in [0.4, 0.5) is 5.69 Å². The first-order valence-electron chi connectivity index (χ1n) is 5.24. The molecule has 8 heteroatoms. The van der Waals surface area contributed by atoms with Crippen LogP contribution in [-0.2, 0) is 16.6 Å². The molecule has 2 heterocycles. The van der Waals surface area contributed by atoms with Gasteiger partial charge in [-0.2, -0.15) is 5.10 Å². The molecule has 0 saturated carbocycles. The highest BCUT2D eigenvalue weighted by Crippen LogP contribution is 2.28. The second kappa shape index (κ2) is 5.02. The van der Waals surface area contributed by atoms with Crippen LogP contribution in [0.5, 0.6) is 0 Å². The topological polar surface area (TPSA) is 64.0 Å². The Balaban J connectivity index is 2.30. The quantitative estimate of drug-likeness (QED) is 0.922. The predicted molar refractivity (Wildman–Crippen MR) is 75.5 cm³/mol. The third-order valence-corrected chi connectivity index (χ3v) is 5.94. The summed E-state index contributed by atoms with van der Waals surface area (Å²) >= 11 is 4.42. The number of sulfonamides is 1. The second-order valence-electron chi connectivity index (χ2n) is 3.62. The molecule has 98 valence electrons. The van der Waals surface area contributed by atoms with Crippen LogP contribution in [0.15, 0.2) is 26.3 Å². The number of nitrogens with one attached hydrogen (secondary N) is 1. The number of halogens is 1. The zero-order valence-electron chi connectivity index (χ0n) is 9.84. The molecule has 0 unspecified atom stereocenters. The van der Waals surface area contributed by atoms with Crippen LogP contribution in [0.25, 0.3) is 0 Å². The van der Waals surface area contributed by atoms with Crippen molar-refractivity contribution in [3.8, 4) is 0 Å². The molecule has 2 aromatic heterocycles. The normalized spacial score (nSPS) is 11.7. The van der Waals surface area contributed by atoms with E-state index in [-0.39, 0.29) is 4.21 Å². The number of nitrogens with zero attached hydrogens (tertiary/aromatic N) is 2. The Morgan fingerprint density at radius 2 is 2.22 bits per heavy atom.